The van der Waals surface area contributed by atoms with Gasteiger partial charge in [-0.1, -0.05) is 0 Å². The molecule has 1 amide bonds. The molecule has 6 nitrogen and oxygen atoms in total. The zero-order chi connectivity index (χ0) is 13.1. The molecule has 0 spiro atoms. The Kier molecular flexibility index (Phi) is 4.34. The van der Waals surface area contributed by atoms with Gasteiger partial charge < -0.3 is 20.1 Å². The lowest BCUT2D eigenvalue weighted by Crippen LogP contribution is -2.40. The molecule has 1 unspecified atom stereocenters. The normalized spacial score (nSPS) is 24.2. The standard InChI is InChI=1S/C11H20N2O4/c1-11(2,3)17-10(15)13-7-5-8(12-6-7)9(14)16-4/h7-8,12H,5-6H2,1-4H3,(H,13,15)/t7?,8-/m0/s1. The first-order valence-corrected chi connectivity index (χ1v) is 5.62. The van der Waals surface area contributed by atoms with Crippen LogP contribution in [0.5, 0.6) is 0 Å². The number of carbonyl (C=O) groups is 2. The maximum Gasteiger partial charge on any atom is 0.407 e. The number of alkyl carbamates (subject to hydrolysis) is 1. The van der Waals surface area contributed by atoms with Crippen molar-refractivity contribution in [3.8, 4) is 0 Å². The molecule has 1 saturated heterocycles. The number of carbonyl (C=O) groups excluding carboxylic acids is 2. The van der Waals surface area contributed by atoms with Crippen LogP contribution < -0.4 is 10.6 Å². The number of hydrogen-bond acceptors (Lipinski definition) is 5. The molecule has 2 N–H and O–H groups in total. The minimum absolute atomic E-state index is 0.103. The van der Waals surface area contributed by atoms with E-state index in [4.69, 9.17) is 4.74 Å². The second-order valence-corrected chi connectivity index (χ2v) is 5.06. The van der Waals surface area contributed by atoms with Crippen molar-refractivity contribution < 1.29 is 19.1 Å². The Morgan fingerprint density at radius 2 is 2.00 bits per heavy atom. The predicted octanol–water partition coefficient (Wildman–Crippen LogP) is 0.415. The first-order valence-electron chi connectivity index (χ1n) is 5.62. The largest absolute Gasteiger partial charge is 0.468 e. The first kappa shape index (κ1) is 13.8. The van der Waals surface area contributed by atoms with Gasteiger partial charge in [0.15, 0.2) is 0 Å². The molecule has 1 heterocycles. The van der Waals surface area contributed by atoms with Crippen molar-refractivity contribution in [3.63, 3.8) is 0 Å². The summed E-state index contributed by atoms with van der Waals surface area (Å²) in [6.45, 7) is 5.95. The molecule has 6 heteroatoms. The minimum Gasteiger partial charge on any atom is -0.468 e. The van der Waals surface area contributed by atoms with Crippen LogP contribution in [0, 0.1) is 0 Å². The molecule has 0 aromatic carbocycles. The highest BCUT2D eigenvalue weighted by molar-refractivity contribution is 5.76. The van der Waals surface area contributed by atoms with Crippen LogP contribution in [0.1, 0.15) is 27.2 Å². The molecule has 17 heavy (non-hydrogen) atoms. The van der Waals surface area contributed by atoms with Gasteiger partial charge in [0, 0.05) is 12.6 Å². The summed E-state index contributed by atoms with van der Waals surface area (Å²) in [6.07, 6.45) is 0.0566. The number of methoxy groups -OCH3 is 1. The van der Waals surface area contributed by atoms with Crippen LogP contribution >= 0.6 is 0 Å². The van der Waals surface area contributed by atoms with Crippen LogP contribution in [0.25, 0.3) is 0 Å². The molecule has 0 saturated carbocycles. The first-order chi connectivity index (χ1) is 7.81. The molecule has 1 rings (SSSR count). The predicted molar refractivity (Wildman–Crippen MR) is 61.6 cm³/mol. The van der Waals surface area contributed by atoms with Crippen LogP contribution in [0.4, 0.5) is 4.79 Å². The SMILES string of the molecule is COC(=O)[C@@H]1CC(NC(=O)OC(C)(C)C)CN1. The number of amides is 1. The van der Waals surface area contributed by atoms with Crippen molar-refractivity contribution in [2.45, 2.75) is 44.9 Å². The quantitative estimate of drug-likeness (QED) is 0.688. The van der Waals surface area contributed by atoms with Crippen molar-refractivity contribution in [2.75, 3.05) is 13.7 Å². The second-order valence-electron chi connectivity index (χ2n) is 5.06. The second kappa shape index (κ2) is 5.35. The van der Waals surface area contributed by atoms with E-state index in [9.17, 15) is 9.59 Å². The number of esters is 1. The van der Waals surface area contributed by atoms with Crippen LogP contribution in [0.2, 0.25) is 0 Å². The van der Waals surface area contributed by atoms with E-state index in [0.29, 0.717) is 13.0 Å². The summed E-state index contributed by atoms with van der Waals surface area (Å²) >= 11 is 0. The summed E-state index contributed by atoms with van der Waals surface area (Å²) in [5, 5.41) is 5.69. The van der Waals surface area contributed by atoms with Gasteiger partial charge in [0.05, 0.1) is 7.11 Å². The third kappa shape index (κ3) is 4.60. The third-order valence-corrected chi connectivity index (χ3v) is 2.34. The summed E-state index contributed by atoms with van der Waals surface area (Å²) in [6, 6.07) is -0.450. The smallest absolute Gasteiger partial charge is 0.407 e. The number of ether oxygens (including phenoxy) is 2. The van der Waals surface area contributed by atoms with Crippen molar-refractivity contribution >= 4 is 12.1 Å². The average molecular weight is 244 g/mol. The molecule has 2 atom stereocenters. The molecular weight excluding hydrogens is 224 g/mol. The summed E-state index contributed by atoms with van der Waals surface area (Å²) in [7, 11) is 1.35. The molecule has 0 bridgehead atoms. The van der Waals surface area contributed by atoms with E-state index in [1.807, 2.05) is 0 Å². The summed E-state index contributed by atoms with van der Waals surface area (Å²) in [4.78, 5) is 22.7. The van der Waals surface area contributed by atoms with Crippen LogP contribution in [0.3, 0.4) is 0 Å². The Morgan fingerprint density at radius 3 is 2.53 bits per heavy atom. The number of nitrogens with one attached hydrogen (secondary N) is 2. The van der Waals surface area contributed by atoms with E-state index in [1.165, 1.54) is 7.11 Å². The zero-order valence-electron chi connectivity index (χ0n) is 10.7. The summed E-state index contributed by atoms with van der Waals surface area (Å²) in [5.41, 5.74) is -0.516. The Bertz CT molecular complexity index is 298. The average Bonchev–Trinajstić information content (AvgIpc) is 2.62. The maximum absolute atomic E-state index is 11.5. The highest BCUT2D eigenvalue weighted by Gasteiger charge is 2.31. The molecule has 0 aromatic heterocycles. The van der Waals surface area contributed by atoms with E-state index in [2.05, 4.69) is 15.4 Å². The van der Waals surface area contributed by atoms with Crippen LogP contribution in [-0.2, 0) is 14.3 Å². The lowest BCUT2D eigenvalue weighted by Gasteiger charge is -2.21. The number of hydrogen-bond donors (Lipinski definition) is 2. The van der Waals surface area contributed by atoms with Crippen molar-refractivity contribution in [1.29, 1.82) is 0 Å². The van der Waals surface area contributed by atoms with Gasteiger partial charge in [0.2, 0.25) is 0 Å². The molecule has 1 aliphatic rings. The van der Waals surface area contributed by atoms with Gasteiger partial charge in [-0.3, -0.25) is 4.79 Å². The van der Waals surface area contributed by atoms with Crippen molar-refractivity contribution in [2.24, 2.45) is 0 Å². The Hall–Kier alpha value is -1.30. The van der Waals surface area contributed by atoms with E-state index in [0.717, 1.165) is 0 Å². The highest BCUT2D eigenvalue weighted by atomic mass is 16.6. The monoisotopic (exact) mass is 244 g/mol. The van der Waals surface area contributed by atoms with Crippen LogP contribution in [-0.4, -0.2) is 43.4 Å². The Labute approximate surface area is 101 Å². The van der Waals surface area contributed by atoms with E-state index in [1.54, 1.807) is 20.8 Å². The van der Waals surface area contributed by atoms with Gasteiger partial charge in [-0.15, -0.1) is 0 Å². The van der Waals surface area contributed by atoms with Gasteiger partial charge in [-0.2, -0.15) is 0 Å². The molecule has 1 fully saturated rings. The fourth-order valence-corrected chi connectivity index (χ4v) is 1.64. The molecule has 98 valence electrons. The maximum atomic E-state index is 11.5. The number of rotatable bonds is 2. The highest BCUT2D eigenvalue weighted by Crippen LogP contribution is 2.10. The lowest BCUT2D eigenvalue weighted by molar-refractivity contribution is -0.142. The molecule has 1 aliphatic heterocycles. The topological polar surface area (TPSA) is 76.7 Å². The fourth-order valence-electron chi connectivity index (χ4n) is 1.64. The van der Waals surface area contributed by atoms with E-state index in [-0.39, 0.29) is 18.1 Å². The van der Waals surface area contributed by atoms with Crippen molar-refractivity contribution in [1.82, 2.24) is 10.6 Å². The van der Waals surface area contributed by atoms with E-state index >= 15 is 0 Å². The van der Waals surface area contributed by atoms with Gasteiger partial charge in [-0.25, -0.2) is 4.79 Å². The molecular formula is C11H20N2O4. The van der Waals surface area contributed by atoms with Gasteiger partial charge in [-0.05, 0) is 27.2 Å². The fraction of sp³-hybridized carbons (Fsp3) is 0.818. The van der Waals surface area contributed by atoms with Gasteiger partial charge in [0.1, 0.15) is 11.6 Å². The Balaban J connectivity index is 2.35. The van der Waals surface area contributed by atoms with Crippen molar-refractivity contribution in [3.05, 3.63) is 0 Å². The third-order valence-electron chi connectivity index (χ3n) is 2.34. The summed E-state index contributed by atoms with van der Waals surface area (Å²) < 4.78 is 9.75. The zero-order valence-corrected chi connectivity index (χ0v) is 10.7. The summed E-state index contributed by atoms with van der Waals surface area (Å²) in [5.74, 6) is -0.307. The van der Waals surface area contributed by atoms with Crippen LogP contribution in [0.15, 0.2) is 0 Å². The Morgan fingerprint density at radius 1 is 1.35 bits per heavy atom. The lowest BCUT2D eigenvalue weighted by atomic mass is 10.2. The molecule has 0 radical (unpaired) electrons. The molecule has 0 aromatic rings. The molecule has 0 aliphatic carbocycles. The van der Waals surface area contributed by atoms with E-state index < -0.39 is 11.7 Å². The van der Waals surface area contributed by atoms with Gasteiger partial charge in [0.25, 0.3) is 0 Å². The minimum atomic E-state index is -0.516. The van der Waals surface area contributed by atoms with Gasteiger partial charge >= 0.3 is 12.1 Å².